The molecule has 0 aliphatic carbocycles. The van der Waals surface area contributed by atoms with Gasteiger partial charge in [0.15, 0.2) is 6.39 Å². The van der Waals surface area contributed by atoms with Crippen molar-refractivity contribution >= 4 is 11.8 Å². The van der Waals surface area contributed by atoms with E-state index in [0.29, 0.717) is 13.1 Å². The summed E-state index contributed by atoms with van der Waals surface area (Å²) in [7, 11) is 1.72. The van der Waals surface area contributed by atoms with Crippen LogP contribution in [-0.4, -0.2) is 28.6 Å². The summed E-state index contributed by atoms with van der Waals surface area (Å²) in [6.45, 7) is 6.60. The maximum Gasteiger partial charge on any atom is 0.410 e. The number of carbonyl (C=O) groups is 1. The van der Waals surface area contributed by atoms with Crippen molar-refractivity contribution in [1.29, 1.82) is 0 Å². The second-order valence-corrected chi connectivity index (χ2v) is 6.36. The first kappa shape index (κ1) is 16.9. The number of amides is 1. The third-order valence-corrected chi connectivity index (χ3v) is 3.00. The number of oxazole rings is 1. The summed E-state index contributed by atoms with van der Waals surface area (Å²) in [6.07, 6.45) is 2.74. The summed E-state index contributed by atoms with van der Waals surface area (Å²) >= 11 is 0. The maximum absolute atomic E-state index is 12.0. The van der Waals surface area contributed by atoms with Crippen molar-refractivity contribution in [2.75, 3.05) is 12.4 Å². The Morgan fingerprint density at radius 3 is 2.83 bits per heavy atom. The van der Waals surface area contributed by atoms with Gasteiger partial charge in [-0.25, -0.2) is 9.78 Å². The van der Waals surface area contributed by atoms with E-state index in [1.165, 1.54) is 6.39 Å². The number of carbonyl (C=O) groups excluding carboxylic acids is 1. The minimum atomic E-state index is -0.494. The van der Waals surface area contributed by atoms with E-state index in [2.05, 4.69) is 10.3 Å². The van der Waals surface area contributed by atoms with Gasteiger partial charge in [-0.05, 0) is 38.5 Å². The quantitative estimate of drug-likeness (QED) is 0.911. The molecule has 0 aliphatic heterocycles. The Kier molecular flexibility index (Phi) is 5.26. The van der Waals surface area contributed by atoms with E-state index < -0.39 is 5.60 Å². The normalized spacial score (nSPS) is 11.1. The molecule has 2 rings (SSSR count). The van der Waals surface area contributed by atoms with Gasteiger partial charge in [0, 0.05) is 19.3 Å². The van der Waals surface area contributed by atoms with Crippen LogP contribution in [0.1, 0.15) is 32.1 Å². The number of hydrogen-bond donors (Lipinski definition) is 1. The number of nitrogens with zero attached hydrogens (tertiary/aromatic N) is 2. The Hall–Kier alpha value is -2.50. The van der Waals surface area contributed by atoms with Crippen molar-refractivity contribution in [2.45, 2.75) is 39.5 Å². The van der Waals surface area contributed by atoms with Gasteiger partial charge in [0.1, 0.15) is 11.4 Å². The van der Waals surface area contributed by atoms with Crippen LogP contribution in [0.3, 0.4) is 0 Å². The van der Waals surface area contributed by atoms with Crippen molar-refractivity contribution in [3.63, 3.8) is 0 Å². The Labute approximate surface area is 136 Å². The van der Waals surface area contributed by atoms with Gasteiger partial charge in [-0.1, -0.05) is 12.1 Å². The molecule has 0 bridgehead atoms. The van der Waals surface area contributed by atoms with Crippen LogP contribution in [0.15, 0.2) is 41.3 Å². The minimum absolute atomic E-state index is 0.336. The number of hydrogen-bond acceptors (Lipinski definition) is 5. The van der Waals surface area contributed by atoms with Gasteiger partial charge >= 0.3 is 6.09 Å². The van der Waals surface area contributed by atoms with E-state index in [4.69, 9.17) is 9.15 Å². The molecule has 6 heteroatoms. The summed E-state index contributed by atoms with van der Waals surface area (Å²) in [5.41, 5.74) is 1.48. The first-order chi connectivity index (χ1) is 10.8. The molecule has 0 atom stereocenters. The zero-order chi connectivity index (χ0) is 16.9. The van der Waals surface area contributed by atoms with Crippen molar-refractivity contribution in [1.82, 2.24) is 9.88 Å². The van der Waals surface area contributed by atoms with Gasteiger partial charge < -0.3 is 19.4 Å². The monoisotopic (exact) mass is 317 g/mol. The van der Waals surface area contributed by atoms with Gasteiger partial charge in [0.05, 0.1) is 12.7 Å². The van der Waals surface area contributed by atoms with E-state index in [-0.39, 0.29) is 6.09 Å². The van der Waals surface area contributed by atoms with Crippen LogP contribution in [0.25, 0.3) is 0 Å². The zero-order valence-electron chi connectivity index (χ0n) is 14.0. The SMILES string of the molecule is CN(Cc1cccc(NCc2cnco2)c1)C(=O)OC(C)(C)C. The number of nitrogens with one attached hydrogen (secondary N) is 1. The van der Waals surface area contributed by atoms with E-state index in [1.807, 2.05) is 45.0 Å². The molecule has 1 aromatic heterocycles. The zero-order valence-corrected chi connectivity index (χ0v) is 14.0. The van der Waals surface area contributed by atoms with Crippen LogP contribution in [0.4, 0.5) is 10.5 Å². The van der Waals surface area contributed by atoms with E-state index in [1.54, 1.807) is 18.1 Å². The van der Waals surface area contributed by atoms with E-state index >= 15 is 0 Å². The minimum Gasteiger partial charge on any atom is -0.447 e. The number of rotatable bonds is 5. The van der Waals surface area contributed by atoms with Crippen molar-refractivity contribution in [3.8, 4) is 0 Å². The van der Waals surface area contributed by atoms with Gasteiger partial charge in [-0.2, -0.15) is 0 Å². The average molecular weight is 317 g/mol. The van der Waals surface area contributed by atoms with E-state index in [9.17, 15) is 4.79 Å². The highest BCUT2D eigenvalue weighted by molar-refractivity contribution is 5.67. The third-order valence-electron chi connectivity index (χ3n) is 3.00. The fourth-order valence-electron chi connectivity index (χ4n) is 1.98. The summed E-state index contributed by atoms with van der Waals surface area (Å²) in [5, 5.41) is 3.26. The summed E-state index contributed by atoms with van der Waals surface area (Å²) in [5.74, 6) is 0.765. The molecule has 2 aromatic rings. The van der Waals surface area contributed by atoms with Crippen molar-refractivity contribution in [2.24, 2.45) is 0 Å². The summed E-state index contributed by atoms with van der Waals surface area (Å²) < 4.78 is 10.5. The number of ether oxygens (including phenoxy) is 1. The highest BCUT2D eigenvalue weighted by Gasteiger charge is 2.19. The molecule has 124 valence electrons. The third kappa shape index (κ3) is 5.65. The molecule has 0 spiro atoms. The first-order valence-corrected chi connectivity index (χ1v) is 7.48. The highest BCUT2D eigenvalue weighted by Crippen LogP contribution is 2.15. The molecule has 6 nitrogen and oxygen atoms in total. The van der Waals surface area contributed by atoms with Crippen LogP contribution in [0.2, 0.25) is 0 Å². The molecule has 1 aromatic carbocycles. The standard InChI is InChI=1S/C17H23N3O3/c1-17(2,3)23-16(21)20(4)11-13-6-5-7-14(8-13)19-10-15-9-18-12-22-15/h5-9,12,19H,10-11H2,1-4H3. The largest absolute Gasteiger partial charge is 0.447 e. The van der Waals surface area contributed by atoms with Gasteiger partial charge in [0.25, 0.3) is 0 Å². The fraction of sp³-hybridized carbons (Fsp3) is 0.412. The van der Waals surface area contributed by atoms with Gasteiger partial charge in [-0.15, -0.1) is 0 Å². The molecule has 0 saturated carbocycles. The summed E-state index contributed by atoms with van der Waals surface area (Å²) in [6, 6.07) is 7.88. The maximum atomic E-state index is 12.0. The Balaban J connectivity index is 1.92. The molecule has 0 saturated heterocycles. The molecule has 1 amide bonds. The van der Waals surface area contributed by atoms with E-state index in [0.717, 1.165) is 17.0 Å². The Morgan fingerprint density at radius 2 is 2.17 bits per heavy atom. The predicted molar refractivity (Wildman–Crippen MR) is 88.0 cm³/mol. The van der Waals surface area contributed by atoms with Crippen LogP contribution in [-0.2, 0) is 17.8 Å². The van der Waals surface area contributed by atoms with Crippen molar-refractivity contribution in [3.05, 3.63) is 48.2 Å². The topological polar surface area (TPSA) is 67.6 Å². The molecular weight excluding hydrogens is 294 g/mol. The lowest BCUT2D eigenvalue weighted by atomic mass is 10.2. The van der Waals surface area contributed by atoms with Crippen LogP contribution in [0, 0.1) is 0 Å². The number of aromatic nitrogens is 1. The molecule has 1 heterocycles. The number of anilines is 1. The first-order valence-electron chi connectivity index (χ1n) is 7.48. The molecule has 0 fully saturated rings. The Morgan fingerprint density at radius 1 is 1.39 bits per heavy atom. The second kappa shape index (κ2) is 7.17. The molecule has 23 heavy (non-hydrogen) atoms. The summed E-state index contributed by atoms with van der Waals surface area (Å²) in [4.78, 5) is 17.4. The van der Waals surface area contributed by atoms with Crippen molar-refractivity contribution < 1.29 is 13.9 Å². The van der Waals surface area contributed by atoms with Crippen LogP contribution >= 0.6 is 0 Å². The highest BCUT2D eigenvalue weighted by atomic mass is 16.6. The lowest BCUT2D eigenvalue weighted by Gasteiger charge is -2.24. The molecule has 0 radical (unpaired) electrons. The molecule has 0 unspecified atom stereocenters. The molecule has 0 aliphatic rings. The average Bonchev–Trinajstić information content (AvgIpc) is 2.97. The van der Waals surface area contributed by atoms with Gasteiger partial charge in [0.2, 0.25) is 0 Å². The molecule has 1 N–H and O–H groups in total. The van der Waals surface area contributed by atoms with Gasteiger partial charge in [-0.3, -0.25) is 0 Å². The molecular formula is C17H23N3O3. The second-order valence-electron chi connectivity index (χ2n) is 6.36. The lowest BCUT2D eigenvalue weighted by molar-refractivity contribution is 0.0285. The van der Waals surface area contributed by atoms with Crippen LogP contribution in [0.5, 0.6) is 0 Å². The fourth-order valence-corrected chi connectivity index (χ4v) is 1.98. The Bertz CT molecular complexity index is 633. The smallest absolute Gasteiger partial charge is 0.410 e. The lowest BCUT2D eigenvalue weighted by Crippen LogP contribution is -2.33. The van der Waals surface area contributed by atoms with Crippen LogP contribution < -0.4 is 5.32 Å². The predicted octanol–water partition coefficient (Wildman–Crippen LogP) is 3.65. The number of benzene rings is 1.